The highest BCUT2D eigenvalue weighted by molar-refractivity contribution is 6.30. The van der Waals surface area contributed by atoms with Gasteiger partial charge in [0.1, 0.15) is 23.3 Å². The van der Waals surface area contributed by atoms with E-state index in [-0.39, 0.29) is 11.8 Å². The van der Waals surface area contributed by atoms with Crippen LogP contribution in [0.4, 0.5) is 23.0 Å². The molecule has 14 nitrogen and oxygen atoms in total. The first-order valence-corrected chi connectivity index (χ1v) is 20.9. The van der Waals surface area contributed by atoms with Crippen molar-refractivity contribution < 1.29 is 19.2 Å². The van der Waals surface area contributed by atoms with Gasteiger partial charge < -0.3 is 31.1 Å². The molecule has 0 bridgehead atoms. The molecule has 7 rings (SSSR count). The number of benzene rings is 4. The maximum Gasteiger partial charge on any atom is 0.258 e. The van der Waals surface area contributed by atoms with Crippen LogP contribution in [0.15, 0.2) is 122 Å². The number of rotatable bonds is 10. The minimum Gasteiger partial charge on any atom is -0.363 e. The van der Waals surface area contributed by atoms with Crippen LogP contribution in [0.3, 0.4) is 0 Å². The van der Waals surface area contributed by atoms with Crippen LogP contribution < -0.4 is 21.3 Å². The van der Waals surface area contributed by atoms with E-state index in [2.05, 4.69) is 31.2 Å². The van der Waals surface area contributed by atoms with Crippen molar-refractivity contribution in [3.05, 3.63) is 176 Å². The lowest BCUT2D eigenvalue weighted by molar-refractivity contribution is 0.101. The number of amidine groups is 2. The molecular formula is C48H46Cl2N10O4. The number of anilines is 4. The Morgan fingerprint density at radius 1 is 0.547 bits per heavy atom. The van der Waals surface area contributed by atoms with Gasteiger partial charge in [0.15, 0.2) is 0 Å². The number of carbonyl (C=O) groups is 4. The van der Waals surface area contributed by atoms with Crippen molar-refractivity contribution in [1.29, 1.82) is 10.8 Å². The maximum atomic E-state index is 12.9. The van der Waals surface area contributed by atoms with Crippen LogP contribution in [0.5, 0.6) is 0 Å². The van der Waals surface area contributed by atoms with E-state index in [9.17, 15) is 19.2 Å². The predicted molar refractivity (Wildman–Crippen MR) is 254 cm³/mol. The van der Waals surface area contributed by atoms with Gasteiger partial charge in [-0.25, -0.2) is 9.97 Å². The molecule has 1 aliphatic rings. The Morgan fingerprint density at radius 2 is 0.953 bits per heavy atom. The van der Waals surface area contributed by atoms with Gasteiger partial charge in [-0.2, -0.15) is 0 Å². The quantitative estimate of drug-likeness (QED) is 0.0578. The Labute approximate surface area is 381 Å². The van der Waals surface area contributed by atoms with Crippen molar-refractivity contribution in [1.82, 2.24) is 19.8 Å². The summed E-state index contributed by atoms with van der Waals surface area (Å²) in [4.78, 5) is 63.3. The Balaban J connectivity index is 0.000000213. The molecular weight excluding hydrogens is 851 g/mol. The molecule has 6 aromatic rings. The minimum atomic E-state index is -0.399. The van der Waals surface area contributed by atoms with Crippen LogP contribution in [0.2, 0.25) is 10.0 Å². The number of aromatic nitrogens is 2. The number of hydrogen-bond acceptors (Lipinski definition) is 8. The van der Waals surface area contributed by atoms with Gasteiger partial charge in [-0.3, -0.25) is 30.0 Å². The molecule has 2 aromatic heterocycles. The molecule has 4 amide bonds. The molecule has 326 valence electrons. The number of aryl methyl sites for hydroxylation is 2. The molecule has 1 aliphatic heterocycles. The van der Waals surface area contributed by atoms with Crippen molar-refractivity contribution in [2.24, 2.45) is 0 Å². The average Bonchev–Trinajstić information content (AvgIpc) is 3.84. The number of likely N-dealkylation sites (tertiary alicyclic amines) is 1. The van der Waals surface area contributed by atoms with Crippen molar-refractivity contribution in [3.8, 4) is 0 Å². The highest BCUT2D eigenvalue weighted by atomic mass is 35.5. The standard InChI is InChI=1S/C25H24ClN5O2.C23H22ClN5O2/c1-16-5-4-6-20(25(33)29-21-12-11-19(26)15-28-21)22(16)30-24(32)18-9-7-17(8-10-18)23(27)31-13-2-3-14-31;1-14-5-4-6-18(23(31)27-19-12-11-17(24)13-26-19)20(14)28-22(30)16-9-7-15(8-10-16)21(25)29(2)3/h4-12,15,27H,2-3,13-14H2,1H3,(H,30,32)(H,28,29,33);4-13,25H,1-3H3,(H,28,30)(H,26,27,31). The second-order valence-electron chi connectivity index (χ2n) is 15.0. The molecule has 0 atom stereocenters. The summed E-state index contributed by atoms with van der Waals surface area (Å²) in [6.45, 7) is 5.43. The summed E-state index contributed by atoms with van der Waals surface area (Å²) < 4.78 is 0. The number of halogens is 2. The number of para-hydroxylation sites is 2. The third kappa shape index (κ3) is 11.7. The number of carbonyl (C=O) groups excluding carboxylic acids is 4. The van der Waals surface area contributed by atoms with E-state index in [0.29, 0.717) is 72.5 Å². The van der Waals surface area contributed by atoms with Crippen LogP contribution >= 0.6 is 23.2 Å². The molecule has 0 radical (unpaired) electrons. The van der Waals surface area contributed by atoms with E-state index in [0.717, 1.165) is 42.6 Å². The first-order valence-electron chi connectivity index (χ1n) is 20.2. The van der Waals surface area contributed by atoms with Crippen LogP contribution in [0, 0.1) is 24.7 Å². The summed E-state index contributed by atoms with van der Waals surface area (Å²) in [6, 6.07) is 30.6. The molecule has 4 aromatic carbocycles. The lowest BCUT2D eigenvalue weighted by Gasteiger charge is -2.18. The SMILES string of the molecule is Cc1cccc(C(=O)Nc2ccc(Cl)cn2)c1NC(=O)c1ccc(C(=N)N(C)C)cc1.Cc1cccc(C(=O)Nc2ccc(Cl)cn2)c1NC(=O)c1ccc(C(=N)N2CCCC2)cc1. The molecule has 0 spiro atoms. The van der Waals surface area contributed by atoms with E-state index >= 15 is 0 Å². The van der Waals surface area contributed by atoms with Gasteiger partial charge in [0.25, 0.3) is 23.6 Å². The van der Waals surface area contributed by atoms with Gasteiger partial charge in [0.05, 0.1) is 32.5 Å². The Hall–Kier alpha value is -7.42. The van der Waals surface area contributed by atoms with Crippen molar-refractivity contribution in [2.45, 2.75) is 26.7 Å². The number of pyridine rings is 2. The van der Waals surface area contributed by atoms with E-state index < -0.39 is 11.8 Å². The van der Waals surface area contributed by atoms with Gasteiger partial charge in [0, 0.05) is 61.8 Å². The van der Waals surface area contributed by atoms with Crippen LogP contribution in [-0.4, -0.2) is 82.3 Å². The van der Waals surface area contributed by atoms with Crippen LogP contribution in [0.25, 0.3) is 0 Å². The molecule has 0 unspecified atom stereocenters. The van der Waals surface area contributed by atoms with Crippen molar-refractivity contribution in [3.63, 3.8) is 0 Å². The zero-order valence-corrected chi connectivity index (χ0v) is 37.1. The van der Waals surface area contributed by atoms with E-state index in [1.165, 1.54) is 12.4 Å². The summed E-state index contributed by atoms with van der Waals surface area (Å²) in [6.07, 6.45) is 5.09. The topological polar surface area (TPSA) is 196 Å². The van der Waals surface area contributed by atoms with E-state index in [1.54, 1.807) is 116 Å². The Morgan fingerprint density at radius 3 is 1.34 bits per heavy atom. The zero-order chi connectivity index (χ0) is 45.9. The molecule has 1 fully saturated rings. The van der Waals surface area contributed by atoms with Gasteiger partial charge in [0.2, 0.25) is 0 Å². The van der Waals surface area contributed by atoms with Crippen molar-refractivity contribution in [2.75, 3.05) is 48.5 Å². The fourth-order valence-electron chi connectivity index (χ4n) is 6.62. The largest absolute Gasteiger partial charge is 0.363 e. The molecule has 0 aliphatic carbocycles. The Bertz CT molecular complexity index is 2690. The summed E-state index contributed by atoms with van der Waals surface area (Å²) in [5, 5.41) is 28.5. The average molecular weight is 898 g/mol. The van der Waals surface area contributed by atoms with Gasteiger partial charge >= 0.3 is 0 Å². The van der Waals surface area contributed by atoms with E-state index in [4.69, 9.17) is 34.0 Å². The van der Waals surface area contributed by atoms with Gasteiger partial charge in [-0.1, -0.05) is 71.7 Å². The minimum absolute atomic E-state index is 0.316. The Kier molecular flexibility index (Phi) is 15.2. The first-order chi connectivity index (χ1) is 30.7. The first kappa shape index (κ1) is 46.1. The summed E-state index contributed by atoms with van der Waals surface area (Å²) in [7, 11) is 3.57. The molecule has 6 N–H and O–H groups in total. The molecule has 3 heterocycles. The summed E-state index contributed by atoms with van der Waals surface area (Å²) >= 11 is 11.7. The number of amides is 4. The van der Waals surface area contributed by atoms with Crippen LogP contribution in [0.1, 0.15) is 76.5 Å². The van der Waals surface area contributed by atoms with Gasteiger partial charge in [-0.15, -0.1) is 0 Å². The smallest absolute Gasteiger partial charge is 0.258 e. The lowest BCUT2D eigenvalue weighted by Crippen LogP contribution is -2.27. The fraction of sp³-hybridized carbons (Fsp3) is 0.167. The highest BCUT2D eigenvalue weighted by Gasteiger charge is 2.20. The summed E-state index contributed by atoms with van der Waals surface area (Å²) in [5.74, 6) is 0.0695. The zero-order valence-electron chi connectivity index (χ0n) is 35.6. The third-order valence-corrected chi connectivity index (χ3v) is 10.6. The second-order valence-corrected chi connectivity index (χ2v) is 15.8. The monoisotopic (exact) mass is 896 g/mol. The fourth-order valence-corrected chi connectivity index (χ4v) is 6.85. The molecule has 16 heteroatoms. The highest BCUT2D eigenvalue weighted by Crippen LogP contribution is 2.25. The molecule has 1 saturated heterocycles. The lowest BCUT2D eigenvalue weighted by atomic mass is 10.1. The molecule has 0 saturated carbocycles. The second kappa shape index (κ2) is 21.1. The third-order valence-electron chi connectivity index (χ3n) is 10.2. The molecule has 64 heavy (non-hydrogen) atoms. The number of hydrogen-bond donors (Lipinski definition) is 6. The summed E-state index contributed by atoms with van der Waals surface area (Å²) in [5.41, 5.74) is 5.35. The van der Waals surface area contributed by atoms with Crippen LogP contribution in [-0.2, 0) is 0 Å². The maximum absolute atomic E-state index is 12.9. The number of nitrogens with one attached hydrogen (secondary N) is 6. The van der Waals surface area contributed by atoms with Gasteiger partial charge in [-0.05, 0) is 98.5 Å². The number of nitrogens with zero attached hydrogens (tertiary/aromatic N) is 4. The predicted octanol–water partition coefficient (Wildman–Crippen LogP) is 9.40. The van der Waals surface area contributed by atoms with E-state index in [1.807, 2.05) is 30.9 Å². The normalized spacial score (nSPS) is 11.7. The van der Waals surface area contributed by atoms with Crippen molar-refractivity contribution >= 4 is 81.5 Å².